The van der Waals surface area contributed by atoms with Crippen molar-refractivity contribution in [2.45, 2.75) is 25.6 Å². The summed E-state index contributed by atoms with van der Waals surface area (Å²) in [6, 6.07) is 7.83. The highest BCUT2D eigenvalue weighted by Gasteiger charge is 2.28. The smallest absolute Gasteiger partial charge is 0.167 e. The van der Waals surface area contributed by atoms with Crippen LogP contribution in [0.3, 0.4) is 0 Å². The number of ether oxygens (including phenoxy) is 1. The predicted octanol–water partition coefficient (Wildman–Crippen LogP) is 4.45. The number of pyridine rings is 2. The number of halogens is 2. The second-order valence-corrected chi connectivity index (χ2v) is 7.34. The summed E-state index contributed by atoms with van der Waals surface area (Å²) >= 11 is 0. The van der Waals surface area contributed by atoms with Crippen molar-refractivity contribution in [2.75, 3.05) is 37.3 Å². The number of piperidine rings is 1. The van der Waals surface area contributed by atoms with Crippen LogP contribution < -0.4 is 15.4 Å². The maximum atomic E-state index is 14.5. The average molecular weight is 413 g/mol. The van der Waals surface area contributed by atoms with Crippen LogP contribution in [0.1, 0.15) is 13.3 Å². The molecule has 6 nitrogen and oxygen atoms in total. The van der Waals surface area contributed by atoms with Gasteiger partial charge in [-0.2, -0.15) is 0 Å². The van der Waals surface area contributed by atoms with Gasteiger partial charge >= 0.3 is 0 Å². The Kier molecular flexibility index (Phi) is 5.94. The van der Waals surface area contributed by atoms with Gasteiger partial charge in [-0.3, -0.25) is 4.98 Å². The van der Waals surface area contributed by atoms with E-state index < -0.39 is 12.0 Å². The second-order valence-electron chi connectivity index (χ2n) is 7.34. The zero-order valence-electron chi connectivity index (χ0n) is 17.0. The fourth-order valence-electron chi connectivity index (χ4n) is 3.65. The number of aromatic nitrogens is 2. The summed E-state index contributed by atoms with van der Waals surface area (Å²) in [7, 11) is 1.72. The minimum atomic E-state index is -0.956. The van der Waals surface area contributed by atoms with Crippen LogP contribution in [0.4, 0.5) is 20.3 Å². The third-order valence-electron chi connectivity index (χ3n) is 5.43. The lowest BCUT2D eigenvalue weighted by Crippen LogP contribution is -2.47. The van der Waals surface area contributed by atoms with Gasteiger partial charge in [-0.1, -0.05) is 6.92 Å². The first-order valence-electron chi connectivity index (χ1n) is 10.1. The summed E-state index contributed by atoms with van der Waals surface area (Å²) in [5.74, 6) is 0.668. The standard InChI is InChI=1S/C22H25F2N5O/c1-3-29-9-7-18(17(24)13-29)28-22-11-19-15(12-27-22)20(6-8-26-19)30-21-5-4-14(25-2)10-16(21)23/h4-6,8,10-12,17-18,25H,3,7,9,13H2,1-2H3,(H,27,28). The van der Waals surface area contributed by atoms with E-state index in [1.165, 1.54) is 6.07 Å². The number of alkyl halides is 1. The van der Waals surface area contributed by atoms with Crippen molar-refractivity contribution in [3.05, 3.63) is 48.5 Å². The monoisotopic (exact) mass is 413 g/mol. The van der Waals surface area contributed by atoms with Crippen molar-refractivity contribution in [2.24, 2.45) is 0 Å². The fraction of sp³-hybridized carbons (Fsp3) is 0.364. The molecule has 1 fully saturated rings. The number of likely N-dealkylation sites (tertiary alicyclic amines) is 1. The van der Waals surface area contributed by atoms with Gasteiger partial charge in [0.1, 0.15) is 17.7 Å². The molecule has 1 saturated heterocycles. The van der Waals surface area contributed by atoms with Crippen LogP contribution in [0.15, 0.2) is 42.7 Å². The molecule has 3 aromatic rings. The Labute approximate surface area is 174 Å². The Bertz CT molecular complexity index is 1030. The summed E-state index contributed by atoms with van der Waals surface area (Å²) in [6.07, 6.45) is 2.97. The summed E-state index contributed by atoms with van der Waals surface area (Å²) in [6.45, 7) is 4.18. The first-order chi connectivity index (χ1) is 14.6. The van der Waals surface area contributed by atoms with Crippen LogP contribution in [-0.4, -0.2) is 53.8 Å². The van der Waals surface area contributed by atoms with Crippen LogP contribution in [0.5, 0.6) is 11.5 Å². The minimum Gasteiger partial charge on any atom is -0.453 e. The van der Waals surface area contributed by atoms with E-state index in [1.54, 1.807) is 43.7 Å². The Morgan fingerprint density at radius 3 is 2.80 bits per heavy atom. The Hall–Kier alpha value is -3.00. The highest BCUT2D eigenvalue weighted by atomic mass is 19.1. The van der Waals surface area contributed by atoms with E-state index in [4.69, 9.17) is 4.74 Å². The fourth-order valence-corrected chi connectivity index (χ4v) is 3.65. The molecule has 1 aliphatic heterocycles. The summed E-state index contributed by atoms with van der Waals surface area (Å²) < 4.78 is 34.6. The number of rotatable bonds is 6. The Balaban J connectivity index is 1.54. The summed E-state index contributed by atoms with van der Waals surface area (Å²) in [5.41, 5.74) is 1.30. The zero-order chi connectivity index (χ0) is 21.1. The molecule has 0 amide bonds. The predicted molar refractivity (Wildman–Crippen MR) is 115 cm³/mol. The molecule has 3 heterocycles. The molecule has 8 heteroatoms. The van der Waals surface area contributed by atoms with Crippen LogP contribution in [0.25, 0.3) is 10.9 Å². The maximum absolute atomic E-state index is 14.5. The first kappa shape index (κ1) is 20.3. The minimum absolute atomic E-state index is 0.117. The lowest BCUT2D eigenvalue weighted by Gasteiger charge is -2.34. The average Bonchev–Trinajstić information content (AvgIpc) is 2.76. The molecular weight excluding hydrogens is 388 g/mol. The maximum Gasteiger partial charge on any atom is 0.167 e. The molecule has 1 aliphatic rings. The van der Waals surface area contributed by atoms with Gasteiger partial charge in [-0.15, -0.1) is 0 Å². The Morgan fingerprint density at radius 2 is 2.07 bits per heavy atom. The normalized spacial score (nSPS) is 19.6. The molecule has 2 atom stereocenters. The van der Waals surface area contributed by atoms with Gasteiger partial charge in [0.25, 0.3) is 0 Å². The summed E-state index contributed by atoms with van der Waals surface area (Å²) in [5, 5.41) is 6.73. The molecule has 158 valence electrons. The number of anilines is 2. The third-order valence-corrected chi connectivity index (χ3v) is 5.43. The van der Waals surface area contributed by atoms with Gasteiger partial charge < -0.3 is 20.3 Å². The van der Waals surface area contributed by atoms with Gasteiger partial charge in [0.2, 0.25) is 0 Å². The molecule has 2 unspecified atom stereocenters. The quantitative estimate of drug-likeness (QED) is 0.623. The van der Waals surface area contributed by atoms with Crippen molar-refractivity contribution in [3.63, 3.8) is 0 Å². The first-order valence-corrected chi connectivity index (χ1v) is 10.1. The van der Waals surface area contributed by atoms with Crippen molar-refractivity contribution in [1.82, 2.24) is 14.9 Å². The number of fused-ring (bicyclic) bond motifs is 1. The molecular formula is C22H25F2N5O. The molecule has 4 rings (SSSR count). The van der Waals surface area contributed by atoms with E-state index in [-0.39, 0.29) is 11.8 Å². The van der Waals surface area contributed by atoms with Crippen molar-refractivity contribution >= 4 is 22.4 Å². The van der Waals surface area contributed by atoms with E-state index in [0.717, 1.165) is 13.1 Å². The van der Waals surface area contributed by atoms with E-state index in [1.807, 2.05) is 6.92 Å². The van der Waals surface area contributed by atoms with Gasteiger partial charge in [0.05, 0.1) is 16.9 Å². The number of hydrogen-bond acceptors (Lipinski definition) is 6. The number of nitrogens with zero attached hydrogens (tertiary/aromatic N) is 3. The van der Waals surface area contributed by atoms with Crippen molar-refractivity contribution in [3.8, 4) is 11.5 Å². The molecule has 0 bridgehead atoms. The van der Waals surface area contributed by atoms with Gasteiger partial charge in [-0.05, 0) is 31.2 Å². The SMILES string of the molecule is CCN1CCC(Nc2cc3nccc(Oc4ccc(NC)cc4F)c3cn2)C(F)C1. The molecule has 0 radical (unpaired) electrons. The molecule has 0 aliphatic carbocycles. The van der Waals surface area contributed by atoms with Gasteiger partial charge in [0, 0.05) is 50.4 Å². The van der Waals surface area contributed by atoms with Crippen LogP contribution in [0, 0.1) is 5.82 Å². The third kappa shape index (κ3) is 4.28. The molecule has 1 aromatic carbocycles. The lowest BCUT2D eigenvalue weighted by atomic mass is 10.0. The van der Waals surface area contributed by atoms with E-state index in [9.17, 15) is 8.78 Å². The molecule has 2 aromatic heterocycles. The Morgan fingerprint density at radius 1 is 1.20 bits per heavy atom. The van der Waals surface area contributed by atoms with Crippen LogP contribution >= 0.6 is 0 Å². The molecule has 0 spiro atoms. The largest absolute Gasteiger partial charge is 0.453 e. The van der Waals surface area contributed by atoms with E-state index in [2.05, 4.69) is 25.5 Å². The highest BCUT2D eigenvalue weighted by molar-refractivity contribution is 5.86. The summed E-state index contributed by atoms with van der Waals surface area (Å²) in [4.78, 5) is 10.9. The molecule has 2 N–H and O–H groups in total. The lowest BCUT2D eigenvalue weighted by molar-refractivity contribution is 0.131. The zero-order valence-corrected chi connectivity index (χ0v) is 17.0. The topological polar surface area (TPSA) is 62.3 Å². The molecule has 30 heavy (non-hydrogen) atoms. The van der Waals surface area contributed by atoms with E-state index in [0.29, 0.717) is 41.1 Å². The number of nitrogens with one attached hydrogen (secondary N) is 2. The molecule has 0 saturated carbocycles. The van der Waals surface area contributed by atoms with Crippen molar-refractivity contribution in [1.29, 1.82) is 0 Å². The van der Waals surface area contributed by atoms with Crippen LogP contribution in [-0.2, 0) is 0 Å². The number of hydrogen-bond donors (Lipinski definition) is 2. The van der Waals surface area contributed by atoms with Crippen LogP contribution in [0.2, 0.25) is 0 Å². The van der Waals surface area contributed by atoms with Gasteiger partial charge in [-0.25, -0.2) is 13.8 Å². The number of benzene rings is 1. The van der Waals surface area contributed by atoms with E-state index >= 15 is 0 Å². The highest BCUT2D eigenvalue weighted by Crippen LogP contribution is 2.32. The van der Waals surface area contributed by atoms with Crippen molar-refractivity contribution < 1.29 is 13.5 Å². The van der Waals surface area contributed by atoms with Gasteiger partial charge in [0.15, 0.2) is 11.6 Å². The second kappa shape index (κ2) is 8.79.